The number of hydrogen-bond donors (Lipinski definition) is 0. The molecule has 0 aliphatic carbocycles. The molecule has 0 amide bonds. The van der Waals surface area contributed by atoms with Crippen LogP contribution in [0.5, 0.6) is 0 Å². The molecule has 0 saturated heterocycles. The summed E-state index contributed by atoms with van der Waals surface area (Å²) in [7, 11) is 0. The molecule has 0 radical (unpaired) electrons. The number of allylic oxidation sites excluding steroid dienone is 1. The minimum absolute atomic E-state index is 0.00214. The van der Waals surface area contributed by atoms with Gasteiger partial charge in [-0.2, -0.15) is 5.26 Å². The van der Waals surface area contributed by atoms with Crippen LogP contribution in [-0.2, 0) is 13.1 Å². The van der Waals surface area contributed by atoms with E-state index in [2.05, 4.69) is 47.4 Å². The first-order valence-electron chi connectivity index (χ1n) is 10.9. The van der Waals surface area contributed by atoms with Gasteiger partial charge in [0.15, 0.2) is 0 Å². The second kappa shape index (κ2) is 10.8. The molecule has 4 aromatic rings. The fraction of sp³-hybridized carbons (Fsp3) is 0.0690. The lowest BCUT2D eigenvalue weighted by atomic mass is 10.0. The lowest BCUT2D eigenvalue weighted by Crippen LogP contribution is -2.22. The van der Waals surface area contributed by atoms with E-state index in [4.69, 9.17) is 0 Å². The van der Waals surface area contributed by atoms with Gasteiger partial charge in [0.05, 0.1) is 16.6 Å². The monoisotopic (exact) mass is 445 g/mol. The lowest BCUT2D eigenvalue weighted by molar-refractivity contribution is -0.384. The fourth-order valence-corrected chi connectivity index (χ4v) is 3.74. The first-order chi connectivity index (χ1) is 16.6. The molecule has 0 atom stereocenters. The average Bonchev–Trinajstić information content (AvgIpc) is 2.88. The van der Waals surface area contributed by atoms with E-state index in [1.807, 2.05) is 48.5 Å². The Hall–Kier alpha value is -4.69. The van der Waals surface area contributed by atoms with Crippen molar-refractivity contribution in [1.29, 1.82) is 5.26 Å². The summed E-state index contributed by atoms with van der Waals surface area (Å²) in [6.07, 6.45) is 1.80. The fourth-order valence-electron chi connectivity index (χ4n) is 3.74. The van der Waals surface area contributed by atoms with Gasteiger partial charge in [-0.25, -0.2) is 0 Å². The van der Waals surface area contributed by atoms with Gasteiger partial charge >= 0.3 is 0 Å². The van der Waals surface area contributed by atoms with E-state index in [0.717, 1.165) is 24.3 Å². The number of nitro benzene ring substituents is 1. The molecule has 4 rings (SSSR count). The molecule has 0 saturated carbocycles. The summed E-state index contributed by atoms with van der Waals surface area (Å²) in [6.45, 7) is 1.55. The number of nitriles is 1. The van der Waals surface area contributed by atoms with E-state index in [0.29, 0.717) is 11.1 Å². The van der Waals surface area contributed by atoms with Gasteiger partial charge in [0.25, 0.3) is 5.69 Å². The SMILES string of the molecule is N#C/C(=C/c1ccc(N(Cc2ccccc2)Cc2ccccc2)cc1)c1ccc([N+](=O)[O-])cc1. The molecule has 4 aromatic carbocycles. The summed E-state index contributed by atoms with van der Waals surface area (Å²) in [5.41, 5.74) is 5.53. The number of nitrogens with zero attached hydrogens (tertiary/aromatic N) is 3. The summed E-state index contributed by atoms with van der Waals surface area (Å²) in [5, 5.41) is 20.5. The largest absolute Gasteiger partial charge is 0.363 e. The van der Waals surface area contributed by atoms with Gasteiger partial charge < -0.3 is 4.90 Å². The maximum atomic E-state index is 10.9. The lowest BCUT2D eigenvalue weighted by Gasteiger charge is -2.25. The predicted molar refractivity (Wildman–Crippen MR) is 136 cm³/mol. The van der Waals surface area contributed by atoms with Crippen LogP contribution in [0.2, 0.25) is 0 Å². The summed E-state index contributed by atoms with van der Waals surface area (Å²) < 4.78 is 0. The Morgan fingerprint density at radius 2 is 1.32 bits per heavy atom. The Bertz CT molecular complexity index is 1270. The van der Waals surface area contributed by atoms with Crippen molar-refractivity contribution in [2.45, 2.75) is 13.1 Å². The van der Waals surface area contributed by atoms with Crippen molar-refractivity contribution in [3.05, 3.63) is 142 Å². The minimum atomic E-state index is -0.449. The molecule has 5 heteroatoms. The Labute approximate surface area is 199 Å². The van der Waals surface area contributed by atoms with E-state index in [-0.39, 0.29) is 5.69 Å². The highest BCUT2D eigenvalue weighted by molar-refractivity contribution is 5.89. The van der Waals surface area contributed by atoms with Crippen molar-refractivity contribution in [3.8, 4) is 6.07 Å². The molecule has 0 heterocycles. The first kappa shape index (κ1) is 22.5. The van der Waals surface area contributed by atoms with Crippen LogP contribution in [0.4, 0.5) is 11.4 Å². The molecule has 0 N–H and O–H groups in total. The number of benzene rings is 4. The third-order valence-corrected chi connectivity index (χ3v) is 5.51. The Morgan fingerprint density at radius 3 is 1.79 bits per heavy atom. The summed E-state index contributed by atoms with van der Waals surface area (Å²) in [4.78, 5) is 12.8. The van der Waals surface area contributed by atoms with Crippen molar-refractivity contribution < 1.29 is 4.92 Å². The molecule has 5 nitrogen and oxygen atoms in total. The third kappa shape index (κ3) is 5.76. The molecule has 34 heavy (non-hydrogen) atoms. The highest BCUT2D eigenvalue weighted by Crippen LogP contribution is 2.24. The zero-order chi connectivity index (χ0) is 23.8. The molecule has 0 spiro atoms. The van der Waals surface area contributed by atoms with Crippen molar-refractivity contribution in [1.82, 2.24) is 0 Å². The summed E-state index contributed by atoms with van der Waals surface area (Å²) in [6, 6.07) is 37.0. The third-order valence-electron chi connectivity index (χ3n) is 5.51. The summed E-state index contributed by atoms with van der Waals surface area (Å²) in [5.74, 6) is 0. The predicted octanol–water partition coefficient (Wildman–Crippen LogP) is 6.87. The highest BCUT2D eigenvalue weighted by atomic mass is 16.6. The van der Waals surface area contributed by atoms with Gasteiger partial charge in [-0.05, 0) is 52.6 Å². The average molecular weight is 446 g/mol. The number of rotatable bonds is 8. The minimum Gasteiger partial charge on any atom is -0.363 e. The first-order valence-corrected chi connectivity index (χ1v) is 10.9. The van der Waals surface area contributed by atoms with Gasteiger partial charge in [-0.15, -0.1) is 0 Å². The molecule has 0 aliphatic rings. The highest BCUT2D eigenvalue weighted by Gasteiger charge is 2.10. The van der Waals surface area contributed by atoms with Crippen LogP contribution in [0.1, 0.15) is 22.3 Å². The van der Waals surface area contributed by atoms with Crippen molar-refractivity contribution in [2.75, 3.05) is 4.90 Å². The Balaban J connectivity index is 1.58. The van der Waals surface area contributed by atoms with E-state index < -0.39 is 4.92 Å². The Morgan fingerprint density at radius 1 is 0.794 bits per heavy atom. The van der Waals surface area contributed by atoms with Crippen LogP contribution in [0.25, 0.3) is 11.6 Å². The second-order valence-electron chi connectivity index (χ2n) is 7.89. The van der Waals surface area contributed by atoms with Crippen LogP contribution < -0.4 is 4.90 Å². The quantitative estimate of drug-likeness (QED) is 0.128. The van der Waals surface area contributed by atoms with Crippen LogP contribution in [0, 0.1) is 21.4 Å². The molecule has 0 aliphatic heterocycles. The molecule has 0 aromatic heterocycles. The molecule has 166 valence electrons. The number of non-ortho nitro benzene ring substituents is 1. The number of nitro groups is 1. The molecular weight excluding hydrogens is 422 g/mol. The van der Waals surface area contributed by atoms with Gasteiger partial charge in [0.1, 0.15) is 0 Å². The maximum Gasteiger partial charge on any atom is 0.269 e. The molecule has 0 fully saturated rings. The van der Waals surface area contributed by atoms with Crippen molar-refractivity contribution in [2.24, 2.45) is 0 Å². The zero-order valence-corrected chi connectivity index (χ0v) is 18.5. The van der Waals surface area contributed by atoms with Gasteiger partial charge in [-0.1, -0.05) is 72.8 Å². The maximum absolute atomic E-state index is 10.9. The van der Waals surface area contributed by atoms with Crippen LogP contribution in [-0.4, -0.2) is 4.92 Å². The van der Waals surface area contributed by atoms with Gasteiger partial charge in [0, 0.05) is 30.9 Å². The number of anilines is 1. The molecule has 0 bridgehead atoms. The van der Waals surface area contributed by atoms with E-state index in [1.165, 1.54) is 23.3 Å². The van der Waals surface area contributed by atoms with Crippen molar-refractivity contribution in [3.63, 3.8) is 0 Å². The van der Waals surface area contributed by atoms with Gasteiger partial charge in [0.2, 0.25) is 0 Å². The van der Waals surface area contributed by atoms with E-state index in [1.54, 1.807) is 18.2 Å². The van der Waals surface area contributed by atoms with Crippen LogP contribution in [0.15, 0.2) is 109 Å². The van der Waals surface area contributed by atoms with Gasteiger partial charge in [-0.3, -0.25) is 10.1 Å². The molecule has 0 unspecified atom stereocenters. The van der Waals surface area contributed by atoms with Crippen LogP contribution >= 0.6 is 0 Å². The topological polar surface area (TPSA) is 70.2 Å². The standard InChI is InChI=1S/C29H23N3O2/c30-20-27(26-13-17-29(18-14-26)32(33)34)19-23-11-15-28(16-12-23)31(21-24-7-3-1-4-8-24)22-25-9-5-2-6-10-25/h1-19H,21-22H2/b27-19-. The second-order valence-corrected chi connectivity index (χ2v) is 7.89. The van der Waals surface area contributed by atoms with E-state index in [9.17, 15) is 15.4 Å². The molecular formula is C29H23N3O2. The van der Waals surface area contributed by atoms with Crippen molar-refractivity contribution >= 4 is 23.0 Å². The van der Waals surface area contributed by atoms with E-state index >= 15 is 0 Å². The number of hydrogen-bond acceptors (Lipinski definition) is 4. The normalized spacial score (nSPS) is 11.0. The smallest absolute Gasteiger partial charge is 0.269 e. The Kier molecular flexibility index (Phi) is 7.12. The summed E-state index contributed by atoms with van der Waals surface area (Å²) >= 11 is 0. The zero-order valence-electron chi connectivity index (χ0n) is 18.5. The van der Waals surface area contributed by atoms with Crippen LogP contribution in [0.3, 0.4) is 0 Å².